The highest BCUT2D eigenvalue weighted by atomic mass is 35.5. The second kappa shape index (κ2) is 4.55. The number of rotatable bonds is 4. The Morgan fingerprint density at radius 1 is 1.47 bits per heavy atom. The average molecular weight is 278 g/mol. The molecular weight excluding hydrogens is 265 g/mol. The summed E-state index contributed by atoms with van der Waals surface area (Å²) in [6.07, 6.45) is 1.78. The minimum absolute atomic E-state index is 0.0393. The maximum Gasteiger partial charge on any atom is 0.243 e. The molecule has 0 bridgehead atoms. The van der Waals surface area contributed by atoms with Gasteiger partial charge in [0, 0.05) is 18.7 Å². The standard InChI is InChI=1S/C11H13ClFNO2S/c1-14(9-2-3-9)17(15,16)10-4-5-11(13)8(6-10)7-12/h4-6,9H,2-3,7H2,1H3. The molecule has 0 radical (unpaired) electrons. The van der Waals surface area contributed by atoms with Gasteiger partial charge in [-0.3, -0.25) is 0 Å². The van der Waals surface area contributed by atoms with E-state index >= 15 is 0 Å². The van der Waals surface area contributed by atoms with Crippen LogP contribution in [0.3, 0.4) is 0 Å². The molecule has 0 aromatic heterocycles. The lowest BCUT2D eigenvalue weighted by Gasteiger charge is -2.16. The topological polar surface area (TPSA) is 37.4 Å². The summed E-state index contributed by atoms with van der Waals surface area (Å²) in [5, 5.41) is 0. The molecule has 1 fully saturated rings. The van der Waals surface area contributed by atoms with E-state index in [2.05, 4.69) is 0 Å². The summed E-state index contributed by atoms with van der Waals surface area (Å²) < 4.78 is 38.9. The Hall–Kier alpha value is -0.650. The lowest BCUT2D eigenvalue weighted by molar-refractivity contribution is 0.464. The van der Waals surface area contributed by atoms with E-state index in [1.807, 2.05) is 0 Å². The summed E-state index contributed by atoms with van der Waals surface area (Å²) in [5.74, 6) is -0.518. The van der Waals surface area contributed by atoms with Crippen LogP contribution in [0.25, 0.3) is 0 Å². The van der Waals surface area contributed by atoms with E-state index in [0.29, 0.717) is 0 Å². The summed E-state index contributed by atoms with van der Waals surface area (Å²) >= 11 is 5.56. The molecule has 1 aliphatic rings. The lowest BCUT2D eigenvalue weighted by Crippen LogP contribution is -2.29. The number of sulfonamides is 1. The fourth-order valence-corrected chi connectivity index (χ4v) is 3.29. The summed E-state index contributed by atoms with van der Waals surface area (Å²) in [6.45, 7) is 0. The molecule has 0 saturated heterocycles. The van der Waals surface area contributed by atoms with Crippen LogP contribution in [0.1, 0.15) is 18.4 Å². The van der Waals surface area contributed by atoms with Gasteiger partial charge in [-0.2, -0.15) is 4.31 Å². The molecular formula is C11H13ClFNO2S. The smallest absolute Gasteiger partial charge is 0.207 e. The van der Waals surface area contributed by atoms with Crippen molar-refractivity contribution >= 4 is 21.6 Å². The Morgan fingerprint density at radius 3 is 2.65 bits per heavy atom. The highest BCUT2D eigenvalue weighted by Gasteiger charge is 2.35. The second-order valence-corrected chi connectivity index (χ2v) is 6.40. The van der Waals surface area contributed by atoms with E-state index < -0.39 is 15.8 Å². The van der Waals surface area contributed by atoms with E-state index in [9.17, 15) is 12.8 Å². The van der Waals surface area contributed by atoms with Crippen LogP contribution in [0.4, 0.5) is 4.39 Å². The van der Waals surface area contributed by atoms with Gasteiger partial charge in [-0.05, 0) is 31.0 Å². The summed E-state index contributed by atoms with van der Waals surface area (Å²) in [5.41, 5.74) is 0.205. The Balaban J connectivity index is 2.38. The van der Waals surface area contributed by atoms with Gasteiger partial charge < -0.3 is 0 Å². The van der Waals surface area contributed by atoms with Crippen LogP contribution >= 0.6 is 11.6 Å². The molecule has 0 N–H and O–H groups in total. The first-order valence-electron chi connectivity index (χ1n) is 5.29. The molecule has 6 heteroatoms. The molecule has 0 unspecified atom stereocenters. The molecule has 0 atom stereocenters. The van der Waals surface area contributed by atoms with Crippen LogP contribution in [-0.2, 0) is 15.9 Å². The van der Waals surface area contributed by atoms with E-state index in [1.165, 1.54) is 16.4 Å². The van der Waals surface area contributed by atoms with Crippen LogP contribution < -0.4 is 0 Å². The zero-order valence-electron chi connectivity index (χ0n) is 9.36. The molecule has 1 aromatic rings. The number of halogens is 2. The first kappa shape index (κ1) is 12.8. The van der Waals surface area contributed by atoms with Gasteiger partial charge in [-0.1, -0.05) is 0 Å². The Morgan fingerprint density at radius 2 is 2.12 bits per heavy atom. The molecule has 3 nitrogen and oxygen atoms in total. The molecule has 0 amide bonds. The molecule has 2 rings (SSSR count). The van der Waals surface area contributed by atoms with Crippen molar-refractivity contribution in [2.45, 2.75) is 29.7 Å². The summed E-state index contributed by atoms with van der Waals surface area (Å²) in [7, 11) is -1.96. The maximum absolute atomic E-state index is 13.2. The van der Waals surface area contributed by atoms with Crippen molar-refractivity contribution < 1.29 is 12.8 Å². The zero-order valence-corrected chi connectivity index (χ0v) is 10.9. The van der Waals surface area contributed by atoms with Crippen LogP contribution in [-0.4, -0.2) is 25.8 Å². The van der Waals surface area contributed by atoms with Crippen molar-refractivity contribution in [2.24, 2.45) is 0 Å². The Labute approximate surface area is 105 Å². The molecule has 17 heavy (non-hydrogen) atoms. The molecule has 0 heterocycles. The van der Waals surface area contributed by atoms with E-state index in [0.717, 1.165) is 18.9 Å². The van der Waals surface area contributed by atoms with E-state index in [-0.39, 0.29) is 22.4 Å². The van der Waals surface area contributed by atoms with Gasteiger partial charge >= 0.3 is 0 Å². The van der Waals surface area contributed by atoms with Crippen molar-refractivity contribution in [2.75, 3.05) is 7.05 Å². The summed E-state index contributed by atoms with van der Waals surface area (Å²) in [6, 6.07) is 3.81. The van der Waals surface area contributed by atoms with Crippen LogP contribution in [0.5, 0.6) is 0 Å². The van der Waals surface area contributed by atoms with Crippen LogP contribution in [0.15, 0.2) is 23.1 Å². The average Bonchev–Trinajstić information content (AvgIpc) is 3.12. The maximum atomic E-state index is 13.2. The van der Waals surface area contributed by atoms with Gasteiger partial charge in [-0.15, -0.1) is 11.6 Å². The molecule has 0 aliphatic heterocycles. The normalized spacial score (nSPS) is 16.5. The van der Waals surface area contributed by atoms with Crippen molar-refractivity contribution in [3.63, 3.8) is 0 Å². The highest BCUT2D eigenvalue weighted by Crippen LogP contribution is 2.30. The van der Waals surface area contributed by atoms with Gasteiger partial charge in [0.05, 0.1) is 10.8 Å². The third-order valence-electron chi connectivity index (χ3n) is 2.90. The van der Waals surface area contributed by atoms with Gasteiger partial charge in [-0.25, -0.2) is 12.8 Å². The van der Waals surface area contributed by atoms with Crippen molar-refractivity contribution in [1.82, 2.24) is 4.31 Å². The second-order valence-electron chi connectivity index (χ2n) is 4.14. The number of nitrogens with zero attached hydrogens (tertiary/aromatic N) is 1. The monoisotopic (exact) mass is 277 g/mol. The predicted molar refractivity (Wildman–Crippen MR) is 63.9 cm³/mol. The highest BCUT2D eigenvalue weighted by molar-refractivity contribution is 7.89. The minimum atomic E-state index is -3.52. The third kappa shape index (κ3) is 2.46. The van der Waals surface area contributed by atoms with Crippen LogP contribution in [0, 0.1) is 5.82 Å². The molecule has 1 saturated carbocycles. The first-order chi connectivity index (χ1) is 7.96. The quantitative estimate of drug-likeness (QED) is 0.792. The first-order valence-corrected chi connectivity index (χ1v) is 7.26. The molecule has 94 valence electrons. The molecule has 0 spiro atoms. The van der Waals surface area contributed by atoms with Crippen molar-refractivity contribution in [3.05, 3.63) is 29.6 Å². The molecule has 1 aliphatic carbocycles. The Bertz CT molecular complexity index is 528. The van der Waals surface area contributed by atoms with Crippen LogP contribution in [0.2, 0.25) is 0 Å². The number of benzene rings is 1. The SMILES string of the molecule is CN(C1CC1)S(=O)(=O)c1ccc(F)c(CCl)c1. The number of hydrogen-bond donors (Lipinski definition) is 0. The van der Waals surface area contributed by atoms with Crippen molar-refractivity contribution in [3.8, 4) is 0 Å². The zero-order chi connectivity index (χ0) is 12.6. The van der Waals surface area contributed by atoms with Gasteiger partial charge in [0.25, 0.3) is 0 Å². The fourth-order valence-electron chi connectivity index (χ4n) is 1.61. The number of hydrogen-bond acceptors (Lipinski definition) is 2. The van der Waals surface area contributed by atoms with E-state index in [4.69, 9.17) is 11.6 Å². The van der Waals surface area contributed by atoms with Gasteiger partial charge in [0.15, 0.2) is 0 Å². The Kier molecular flexibility index (Phi) is 3.43. The number of alkyl halides is 1. The largest absolute Gasteiger partial charge is 0.243 e. The van der Waals surface area contributed by atoms with Gasteiger partial charge in [0.1, 0.15) is 5.82 Å². The summed E-state index contributed by atoms with van der Waals surface area (Å²) in [4.78, 5) is 0.101. The lowest BCUT2D eigenvalue weighted by atomic mass is 10.2. The minimum Gasteiger partial charge on any atom is -0.207 e. The molecule has 1 aromatic carbocycles. The van der Waals surface area contributed by atoms with E-state index in [1.54, 1.807) is 7.05 Å². The third-order valence-corrected chi connectivity index (χ3v) is 5.09. The van der Waals surface area contributed by atoms with Gasteiger partial charge in [0.2, 0.25) is 10.0 Å². The van der Waals surface area contributed by atoms with Crippen molar-refractivity contribution in [1.29, 1.82) is 0 Å². The predicted octanol–water partition coefficient (Wildman–Crippen LogP) is 2.35. The fraction of sp³-hybridized carbons (Fsp3) is 0.455.